The third kappa shape index (κ3) is 3.71. The molecule has 1 atom stereocenters. The zero-order valence-corrected chi connectivity index (χ0v) is 14.4. The summed E-state index contributed by atoms with van der Waals surface area (Å²) in [6, 6.07) is 13.7. The minimum atomic E-state index is -0.00353. The summed E-state index contributed by atoms with van der Waals surface area (Å²) in [5.41, 5.74) is 0. The number of para-hydroxylation sites is 1. The Balaban J connectivity index is 1.35. The molecule has 0 radical (unpaired) electrons. The van der Waals surface area contributed by atoms with E-state index in [2.05, 4.69) is 4.90 Å². The van der Waals surface area contributed by atoms with Crippen molar-refractivity contribution in [2.45, 2.75) is 31.9 Å². The van der Waals surface area contributed by atoms with Crippen LogP contribution in [0.15, 0.2) is 46.9 Å². The highest BCUT2D eigenvalue weighted by Crippen LogP contribution is 2.23. The maximum absolute atomic E-state index is 12.7. The van der Waals surface area contributed by atoms with E-state index < -0.39 is 0 Å². The summed E-state index contributed by atoms with van der Waals surface area (Å²) < 4.78 is 11.4. The topological polar surface area (TPSA) is 45.9 Å². The predicted octanol–water partition coefficient (Wildman–Crippen LogP) is 3.17. The number of amides is 1. The molecule has 1 aromatic heterocycles. The van der Waals surface area contributed by atoms with Crippen molar-refractivity contribution in [3.63, 3.8) is 0 Å². The molecule has 0 saturated carbocycles. The summed E-state index contributed by atoms with van der Waals surface area (Å²) in [5, 5.41) is 0. The molecule has 0 unspecified atom stereocenters. The van der Waals surface area contributed by atoms with Crippen molar-refractivity contribution in [2.24, 2.45) is 0 Å². The molecule has 2 fully saturated rings. The third-order valence-electron chi connectivity index (χ3n) is 5.12. The van der Waals surface area contributed by atoms with E-state index in [1.165, 1.54) is 25.8 Å². The van der Waals surface area contributed by atoms with Gasteiger partial charge in [0.1, 0.15) is 18.1 Å². The molecule has 0 aliphatic carbocycles. The van der Waals surface area contributed by atoms with Gasteiger partial charge in [-0.3, -0.25) is 9.69 Å². The highest BCUT2D eigenvalue weighted by molar-refractivity contribution is 5.91. The summed E-state index contributed by atoms with van der Waals surface area (Å²) >= 11 is 0. The maximum atomic E-state index is 12.7. The molecule has 1 aromatic carbocycles. The van der Waals surface area contributed by atoms with E-state index in [0.717, 1.165) is 25.4 Å². The van der Waals surface area contributed by atoms with E-state index in [0.29, 0.717) is 24.2 Å². The first-order valence-corrected chi connectivity index (χ1v) is 9.09. The van der Waals surface area contributed by atoms with Crippen LogP contribution in [0.4, 0.5) is 0 Å². The summed E-state index contributed by atoms with van der Waals surface area (Å²) in [5.74, 6) is 1.87. The molecule has 25 heavy (non-hydrogen) atoms. The quantitative estimate of drug-likeness (QED) is 0.858. The SMILES string of the molecule is O=C(c1ccc(COc2ccccc2)o1)N1CCN2CCCC[C@H]2C1. The van der Waals surface area contributed by atoms with Gasteiger partial charge in [-0.15, -0.1) is 0 Å². The highest BCUT2D eigenvalue weighted by Gasteiger charge is 2.32. The fourth-order valence-corrected chi connectivity index (χ4v) is 3.74. The summed E-state index contributed by atoms with van der Waals surface area (Å²) in [6.07, 6.45) is 3.75. The molecule has 0 spiro atoms. The van der Waals surface area contributed by atoms with Crippen molar-refractivity contribution >= 4 is 5.91 Å². The number of piperazine rings is 1. The molecule has 1 amide bonds. The zero-order chi connectivity index (χ0) is 17.1. The van der Waals surface area contributed by atoms with Gasteiger partial charge in [-0.2, -0.15) is 0 Å². The number of hydrogen-bond acceptors (Lipinski definition) is 4. The van der Waals surface area contributed by atoms with Gasteiger partial charge in [0, 0.05) is 25.7 Å². The monoisotopic (exact) mass is 340 g/mol. The molecule has 2 saturated heterocycles. The lowest BCUT2D eigenvalue weighted by Gasteiger charge is -2.43. The van der Waals surface area contributed by atoms with Crippen LogP contribution in [0.2, 0.25) is 0 Å². The fourth-order valence-electron chi connectivity index (χ4n) is 3.74. The van der Waals surface area contributed by atoms with E-state index in [1.54, 1.807) is 6.07 Å². The number of furan rings is 1. The number of carbonyl (C=O) groups excluding carboxylic acids is 1. The smallest absolute Gasteiger partial charge is 0.289 e. The van der Waals surface area contributed by atoms with E-state index in [9.17, 15) is 4.79 Å². The van der Waals surface area contributed by atoms with Gasteiger partial charge in [0.2, 0.25) is 0 Å². The predicted molar refractivity (Wildman–Crippen MR) is 94.6 cm³/mol. The zero-order valence-electron chi connectivity index (χ0n) is 14.4. The molecule has 3 heterocycles. The standard InChI is InChI=1S/C20H24N2O3/c23-20(22-13-12-21-11-5-4-6-16(21)14-22)19-10-9-18(25-19)15-24-17-7-2-1-3-8-17/h1-3,7-10,16H,4-6,11-15H2/t16-/m0/s1. The van der Waals surface area contributed by atoms with Gasteiger partial charge < -0.3 is 14.1 Å². The van der Waals surface area contributed by atoms with E-state index >= 15 is 0 Å². The van der Waals surface area contributed by atoms with Crippen molar-refractivity contribution in [3.8, 4) is 5.75 Å². The van der Waals surface area contributed by atoms with Gasteiger partial charge >= 0.3 is 0 Å². The maximum Gasteiger partial charge on any atom is 0.289 e. The number of benzene rings is 1. The van der Waals surface area contributed by atoms with Crippen LogP contribution in [0.1, 0.15) is 35.6 Å². The number of ether oxygens (including phenoxy) is 1. The summed E-state index contributed by atoms with van der Waals surface area (Å²) in [4.78, 5) is 17.2. The van der Waals surface area contributed by atoms with Gasteiger partial charge in [0.25, 0.3) is 5.91 Å². The molecule has 0 bridgehead atoms. The second kappa shape index (κ2) is 7.31. The highest BCUT2D eigenvalue weighted by atomic mass is 16.5. The summed E-state index contributed by atoms with van der Waals surface area (Å²) in [6.45, 7) is 4.07. The lowest BCUT2D eigenvalue weighted by Crippen LogP contribution is -2.56. The lowest BCUT2D eigenvalue weighted by atomic mass is 9.99. The Bertz CT molecular complexity index is 713. The van der Waals surface area contributed by atoms with Crippen LogP contribution in [0, 0.1) is 0 Å². The van der Waals surface area contributed by atoms with Crippen molar-refractivity contribution < 1.29 is 13.9 Å². The van der Waals surface area contributed by atoms with Crippen LogP contribution in [0.5, 0.6) is 5.75 Å². The molecular weight excluding hydrogens is 316 g/mol. The van der Waals surface area contributed by atoms with Gasteiger partial charge in [0.15, 0.2) is 5.76 Å². The fraction of sp³-hybridized carbons (Fsp3) is 0.450. The first kappa shape index (κ1) is 16.2. The summed E-state index contributed by atoms with van der Waals surface area (Å²) in [7, 11) is 0. The Hall–Kier alpha value is -2.27. The Morgan fingerprint density at radius 2 is 1.96 bits per heavy atom. The Morgan fingerprint density at radius 3 is 2.84 bits per heavy atom. The van der Waals surface area contributed by atoms with E-state index in [1.807, 2.05) is 41.3 Å². The number of piperidine rings is 1. The number of nitrogens with zero attached hydrogens (tertiary/aromatic N) is 2. The van der Waals surface area contributed by atoms with Gasteiger partial charge in [-0.05, 0) is 43.7 Å². The van der Waals surface area contributed by atoms with Crippen molar-refractivity contribution in [1.82, 2.24) is 9.80 Å². The minimum absolute atomic E-state index is 0.00353. The molecular formula is C20H24N2O3. The second-order valence-electron chi connectivity index (χ2n) is 6.80. The molecule has 5 nitrogen and oxygen atoms in total. The van der Waals surface area contributed by atoms with Crippen LogP contribution >= 0.6 is 0 Å². The minimum Gasteiger partial charge on any atom is -0.486 e. The van der Waals surface area contributed by atoms with E-state index in [-0.39, 0.29) is 5.91 Å². The molecule has 5 heteroatoms. The Kier molecular flexibility index (Phi) is 4.74. The largest absolute Gasteiger partial charge is 0.486 e. The van der Waals surface area contributed by atoms with Crippen LogP contribution in [-0.2, 0) is 6.61 Å². The van der Waals surface area contributed by atoms with Gasteiger partial charge in [0.05, 0.1) is 0 Å². The third-order valence-corrected chi connectivity index (χ3v) is 5.12. The van der Waals surface area contributed by atoms with E-state index in [4.69, 9.17) is 9.15 Å². The van der Waals surface area contributed by atoms with Crippen LogP contribution in [0.25, 0.3) is 0 Å². The molecule has 4 rings (SSSR count). The Morgan fingerprint density at radius 1 is 1.08 bits per heavy atom. The van der Waals surface area contributed by atoms with Crippen LogP contribution in [-0.4, -0.2) is 47.9 Å². The van der Waals surface area contributed by atoms with Crippen molar-refractivity contribution in [1.29, 1.82) is 0 Å². The molecule has 2 aliphatic heterocycles. The molecule has 2 aliphatic rings. The number of hydrogen-bond donors (Lipinski definition) is 0. The van der Waals surface area contributed by atoms with Gasteiger partial charge in [-0.1, -0.05) is 24.6 Å². The second-order valence-corrected chi connectivity index (χ2v) is 6.80. The Labute approximate surface area is 148 Å². The lowest BCUT2D eigenvalue weighted by molar-refractivity contribution is 0.0348. The first-order chi connectivity index (χ1) is 12.3. The molecule has 2 aromatic rings. The van der Waals surface area contributed by atoms with Crippen molar-refractivity contribution in [3.05, 3.63) is 54.0 Å². The average Bonchev–Trinajstić information content (AvgIpc) is 3.15. The van der Waals surface area contributed by atoms with Gasteiger partial charge in [-0.25, -0.2) is 0 Å². The van der Waals surface area contributed by atoms with Crippen LogP contribution < -0.4 is 4.74 Å². The van der Waals surface area contributed by atoms with Crippen LogP contribution in [0.3, 0.4) is 0 Å². The number of rotatable bonds is 4. The number of fused-ring (bicyclic) bond motifs is 1. The van der Waals surface area contributed by atoms with Crippen molar-refractivity contribution in [2.75, 3.05) is 26.2 Å². The first-order valence-electron chi connectivity index (χ1n) is 9.09. The molecule has 132 valence electrons. The number of carbonyl (C=O) groups is 1. The normalized spacial score (nSPS) is 21.0. The average molecular weight is 340 g/mol. The molecule has 0 N–H and O–H groups in total.